The lowest BCUT2D eigenvalue weighted by atomic mass is 9.99. The van der Waals surface area contributed by atoms with Crippen LogP contribution in [0.2, 0.25) is 10.0 Å². The van der Waals surface area contributed by atoms with E-state index in [2.05, 4.69) is 15.9 Å². The molecule has 114 valence electrons. The van der Waals surface area contributed by atoms with Crippen LogP contribution in [0.25, 0.3) is 0 Å². The summed E-state index contributed by atoms with van der Waals surface area (Å²) < 4.78 is 28.6. The zero-order valence-corrected chi connectivity index (χ0v) is 15.5. The Hall–Kier alpha value is 0.320. The van der Waals surface area contributed by atoms with Crippen molar-refractivity contribution in [2.45, 2.75) is 13.8 Å². The molecule has 0 saturated carbocycles. The van der Waals surface area contributed by atoms with Crippen LogP contribution in [0.1, 0.15) is 13.8 Å². The first-order valence-corrected chi connectivity index (χ1v) is 9.82. The maximum atomic E-state index is 11.2. The second-order valence-electron chi connectivity index (χ2n) is 4.72. The van der Waals surface area contributed by atoms with E-state index >= 15 is 0 Å². The smallest absolute Gasteiger partial charge is 0.233 e. The van der Waals surface area contributed by atoms with Crippen LogP contribution in [0.3, 0.4) is 0 Å². The molecule has 0 N–H and O–H groups in total. The normalized spacial score (nSPS) is 13.6. The van der Waals surface area contributed by atoms with Crippen molar-refractivity contribution in [3.05, 3.63) is 26.7 Å². The minimum absolute atomic E-state index is 0.105. The first-order valence-electron chi connectivity index (χ1n) is 5.80. The molecule has 0 aliphatic carbocycles. The standard InChI is InChI=1S/C12H14BrCl3O3S/c1-7(2)8(6-20(16,17)18)5-19-12-4-10(14)9(13)3-11(12)15/h3-4,7-8H,5-6H2,1-2H3. The summed E-state index contributed by atoms with van der Waals surface area (Å²) in [7, 11) is 1.72. The van der Waals surface area contributed by atoms with E-state index in [1.54, 1.807) is 12.1 Å². The Kier molecular flexibility index (Phi) is 6.93. The zero-order valence-electron chi connectivity index (χ0n) is 10.9. The molecule has 1 aromatic carbocycles. The van der Waals surface area contributed by atoms with Gasteiger partial charge >= 0.3 is 0 Å². The molecule has 1 rings (SSSR count). The summed E-state index contributed by atoms with van der Waals surface area (Å²) in [4.78, 5) is 0. The van der Waals surface area contributed by atoms with Gasteiger partial charge in [0.2, 0.25) is 9.05 Å². The van der Waals surface area contributed by atoms with E-state index in [1.807, 2.05) is 13.8 Å². The number of hydrogen-bond acceptors (Lipinski definition) is 3. The molecule has 0 amide bonds. The number of ether oxygens (including phenoxy) is 1. The largest absolute Gasteiger partial charge is 0.492 e. The third-order valence-electron chi connectivity index (χ3n) is 2.78. The van der Waals surface area contributed by atoms with Gasteiger partial charge < -0.3 is 4.74 Å². The molecule has 1 aromatic rings. The highest BCUT2D eigenvalue weighted by atomic mass is 79.9. The van der Waals surface area contributed by atoms with E-state index in [0.29, 0.717) is 20.3 Å². The van der Waals surface area contributed by atoms with Crippen molar-refractivity contribution in [1.29, 1.82) is 0 Å². The molecule has 0 heterocycles. The quantitative estimate of drug-likeness (QED) is 0.478. The Balaban J connectivity index is 2.80. The average molecular weight is 425 g/mol. The third-order valence-corrected chi connectivity index (χ3v) is 5.48. The summed E-state index contributed by atoms with van der Waals surface area (Å²) in [6.07, 6.45) is 0. The second kappa shape index (κ2) is 7.54. The van der Waals surface area contributed by atoms with Crippen LogP contribution >= 0.6 is 49.8 Å². The topological polar surface area (TPSA) is 43.4 Å². The summed E-state index contributed by atoms with van der Waals surface area (Å²) in [5.74, 6) is 0.148. The Bertz CT molecular complexity index is 576. The molecular weight excluding hydrogens is 410 g/mol. The molecule has 0 bridgehead atoms. The summed E-state index contributed by atoms with van der Waals surface area (Å²) >= 11 is 15.3. The average Bonchev–Trinajstić information content (AvgIpc) is 2.28. The van der Waals surface area contributed by atoms with E-state index < -0.39 is 9.05 Å². The molecule has 8 heteroatoms. The van der Waals surface area contributed by atoms with Crippen molar-refractivity contribution in [1.82, 2.24) is 0 Å². The zero-order chi connectivity index (χ0) is 15.5. The molecule has 0 fully saturated rings. The Morgan fingerprint density at radius 1 is 1.25 bits per heavy atom. The van der Waals surface area contributed by atoms with Crippen molar-refractivity contribution < 1.29 is 13.2 Å². The lowest BCUT2D eigenvalue weighted by molar-refractivity contribution is 0.225. The molecule has 0 aliphatic rings. The first kappa shape index (κ1) is 18.4. The van der Waals surface area contributed by atoms with Crippen LogP contribution in [0.4, 0.5) is 0 Å². The van der Waals surface area contributed by atoms with E-state index in [1.165, 1.54) is 0 Å². The number of benzene rings is 1. The molecule has 0 saturated heterocycles. The fourth-order valence-electron chi connectivity index (χ4n) is 1.50. The molecule has 20 heavy (non-hydrogen) atoms. The van der Waals surface area contributed by atoms with Crippen molar-refractivity contribution in [2.75, 3.05) is 12.4 Å². The van der Waals surface area contributed by atoms with Crippen molar-refractivity contribution in [3.8, 4) is 5.75 Å². The molecule has 1 unspecified atom stereocenters. The summed E-state index contributed by atoms with van der Waals surface area (Å²) in [6, 6.07) is 3.21. The van der Waals surface area contributed by atoms with Gasteiger partial charge in [-0.15, -0.1) is 0 Å². The minimum Gasteiger partial charge on any atom is -0.492 e. The molecule has 0 radical (unpaired) electrons. The predicted molar refractivity (Wildman–Crippen MR) is 87.6 cm³/mol. The van der Waals surface area contributed by atoms with Gasteiger partial charge in [-0.2, -0.15) is 0 Å². The molecular formula is C12H14BrCl3O3S. The molecule has 0 aliphatic heterocycles. The predicted octanol–water partition coefficient (Wildman–Crippen LogP) is 4.98. The van der Waals surface area contributed by atoms with Gasteiger partial charge in [0, 0.05) is 27.1 Å². The Labute approximate surface area is 142 Å². The van der Waals surface area contributed by atoms with Gasteiger partial charge in [0.1, 0.15) is 5.75 Å². The van der Waals surface area contributed by atoms with Crippen LogP contribution in [0.5, 0.6) is 5.75 Å². The number of rotatable bonds is 6. The molecule has 3 nitrogen and oxygen atoms in total. The van der Waals surface area contributed by atoms with Gasteiger partial charge in [-0.05, 0) is 27.9 Å². The summed E-state index contributed by atoms with van der Waals surface area (Å²) in [5.41, 5.74) is 0. The second-order valence-corrected chi connectivity index (χ2v) is 9.21. The fraction of sp³-hybridized carbons (Fsp3) is 0.500. The van der Waals surface area contributed by atoms with Gasteiger partial charge in [-0.25, -0.2) is 8.42 Å². The van der Waals surface area contributed by atoms with Crippen molar-refractivity contribution in [3.63, 3.8) is 0 Å². The first-order chi connectivity index (χ1) is 9.10. The van der Waals surface area contributed by atoms with Gasteiger partial charge in [0.25, 0.3) is 0 Å². The summed E-state index contributed by atoms with van der Waals surface area (Å²) in [6.45, 7) is 4.01. The Morgan fingerprint density at radius 2 is 1.85 bits per heavy atom. The minimum atomic E-state index is -3.57. The van der Waals surface area contributed by atoms with Crippen LogP contribution in [-0.4, -0.2) is 20.8 Å². The van der Waals surface area contributed by atoms with Crippen LogP contribution in [-0.2, 0) is 9.05 Å². The van der Waals surface area contributed by atoms with Crippen molar-refractivity contribution >= 4 is 58.9 Å². The van der Waals surface area contributed by atoms with Crippen LogP contribution in [0.15, 0.2) is 16.6 Å². The van der Waals surface area contributed by atoms with Crippen molar-refractivity contribution in [2.24, 2.45) is 11.8 Å². The lowest BCUT2D eigenvalue weighted by Gasteiger charge is -2.20. The third kappa shape index (κ3) is 5.98. The number of hydrogen-bond donors (Lipinski definition) is 0. The maximum absolute atomic E-state index is 11.2. The van der Waals surface area contributed by atoms with E-state index in [0.717, 1.165) is 0 Å². The lowest BCUT2D eigenvalue weighted by Crippen LogP contribution is -2.24. The Morgan fingerprint density at radius 3 is 2.35 bits per heavy atom. The van der Waals surface area contributed by atoms with E-state index in [-0.39, 0.29) is 24.2 Å². The molecule has 0 spiro atoms. The molecule has 1 atom stereocenters. The highest BCUT2D eigenvalue weighted by Crippen LogP contribution is 2.34. The van der Waals surface area contributed by atoms with E-state index in [4.69, 9.17) is 38.6 Å². The SMILES string of the molecule is CC(C)C(COc1cc(Cl)c(Br)cc1Cl)CS(=O)(=O)Cl. The molecule has 0 aromatic heterocycles. The number of halogens is 4. The van der Waals surface area contributed by atoms with Gasteiger partial charge in [-0.3, -0.25) is 0 Å². The highest BCUT2D eigenvalue weighted by molar-refractivity contribution is 9.10. The monoisotopic (exact) mass is 422 g/mol. The van der Waals surface area contributed by atoms with Crippen LogP contribution < -0.4 is 4.74 Å². The fourth-order valence-corrected chi connectivity index (χ4v) is 3.83. The van der Waals surface area contributed by atoms with Crippen LogP contribution in [0, 0.1) is 11.8 Å². The highest BCUT2D eigenvalue weighted by Gasteiger charge is 2.22. The van der Waals surface area contributed by atoms with Gasteiger partial charge in [0.15, 0.2) is 0 Å². The van der Waals surface area contributed by atoms with Gasteiger partial charge in [-0.1, -0.05) is 37.0 Å². The van der Waals surface area contributed by atoms with Gasteiger partial charge in [0.05, 0.1) is 22.4 Å². The summed E-state index contributed by atoms with van der Waals surface area (Å²) in [5, 5.41) is 0.868. The maximum Gasteiger partial charge on any atom is 0.233 e. The van der Waals surface area contributed by atoms with E-state index in [9.17, 15) is 8.42 Å².